The van der Waals surface area contributed by atoms with E-state index in [-0.39, 0.29) is 5.56 Å². The number of pyridine rings is 1. The molecule has 1 aliphatic carbocycles. The van der Waals surface area contributed by atoms with Crippen molar-refractivity contribution in [1.29, 1.82) is 5.26 Å². The largest absolute Gasteiger partial charge is 0.381 e. The van der Waals surface area contributed by atoms with Gasteiger partial charge in [0.1, 0.15) is 23.3 Å². The molecule has 0 unspecified atom stereocenters. The third-order valence-corrected chi connectivity index (χ3v) is 6.66. The van der Waals surface area contributed by atoms with Crippen molar-refractivity contribution in [3.05, 3.63) is 52.6 Å². The summed E-state index contributed by atoms with van der Waals surface area (Å²) >= 11 is 0. The van der Waals surface area contributed by atoms with Gasteiger partial charge in [0.2, 0.25) is 0 Å². The zero-order chi connectivity index (χ0) is 24.7. The number of anilines is 2. The summed E-state index contributed by atoms with van der Waals surface area (Å²) in [5, 5.41) is 17.0. The summed E-state index contributed by atoms with van der Waals surface area (Å²) < 4.78 is 46.4. The number of hydrogen-bond donors (Lipinski definition) is 2. The maximum absolute atomic E-state index is 14.8. The van der Waals surface area contributed by atoms with E-state index in [1.807, 2.05) is 6.07 Å². The highest BCUT2D eigenvalue weighted by atomic mass is 19.3. The maximum Gasteiger partial charge on any atom is 0.266 e. The number of aromatic nitrogens is 3. The van der Waals surface area contributed by atoms with Crippen LogP contribution in [0.25, 0.3) is 11.0 Å². The summed E-state index contributed by atoms with van der Waals surface area (Å²) in [7, 11) is 0. The summed E-state index contributed by atoms with van der Waals surface area (Å²) in [5.41, 5.74) is 0.0595. The predicted octanol–water partition coefficient (Wildman–Crippen LogP) is 5.20. The summed E-state index contributed by atoms with van der Waals surface area (Å²) in [6.07, 6.45) is -1.45. The van der Waals surface area contributed by atoms with Gasteiger partial charge < -0.3 is 15.4 Å². The number of nitriles is 1. The van der Waals surface area contributed by atoms with Gasteiger partial charge in [-0.3, -0.25) is 0 Å². The predicted molar refractivity (Wildman–Crippen MR) is 125 cm³/mol. The number of ether oxygens (including phenoxy) is 1. The Kier molecular flexibility index (Phi) is 5.97. The van der Waals surface area contributed by atoms with E-state index in [1.165, 1.54) is 12.1 Å². The van der Waals surface area contributed by atoms with E-state index in [9.17, 15) is 18.4 Å². The fraction of sp³-hybridized carbons (Fsp3) is 0.440. The summed E-state index contributed by atoms with van der Waals surface area (Å²) in [4.78, 5) is 13.7. The molecule has 2 aliphatic rings. The van der Waals surface area contributed by atoms with E-state index in [2.05, 4.69) is 26.7 Å². The second-order valence-corrected chi connectivity index (χ2v) is 9.27. The molecule has 2 N–H and O–H groups in total. The molecule has 10 heteroatoms. The molecule has 182 valence electrons. The van der Waals surface area contributed by atoms with Crippen LogP contribution in [0.1, 0.15) is 54.7 Å². The van der Waals surface area contributed by atoms with Crippen LogP contribution in [0, 0.1) is 30.0 Å². The molecule has 2 fully saturated rings. The number of alkyl halides is 2. The molecule has 35 heavy (non-hydrogen) atoms. The van der Waals surface area contributed by atoms with Crippen molar-refractivity contribution < 1.29 is 17.9 Å². The fourth-order valence-corrected chi connectivity index (χ4v) is 4.34. The van der Waals surface area contributed by atoms with E-state index >= 15 is 0 Å². The van der Waals surface area contributed by atoms with Gasteiger partial charge in [0, 0.05) is 23.6 Å². The molecule has 0 amide bonds. The maximum atomic E-state index is 14.8. The van der Waals surface area contributed by atoms with Crippen molar-refractivity contribution in [3.8, 4) is 6.07 Å². The summed E-state index contributed by atoms with van der Waals surface area (Å²) in [6.45, 7) is 5.46. The zero-order valence-electron chi connectivity index (χ0n) is 19.4. The molecule has 0 bridgehead atoms. The Labute approximate surface area is 200 Å². The zero-order valence-corrected chi connectivity index (χ0v) is 19.4. The summed E-state index contributed by atoms with van der Waals surface area (Å²) in [5.74, 6) is 0.930. The average molecular weight is 483 g/mol. The standard InChI is InChI=1S/C25H25F3N6O/c1-13(16-4-3-5-17(20(16)26)21(27)28)31-22-18-8-19(25(12-29)6-7-25)24(30-9-15-10-35-11-15)34-23(18)33-14(2)32-22/h3-5,8,13,15,21H,6-7,9-11H2,1-2H3,(H2,30,31,32,33,34)/t13-/m1/s1. The number of nitrogens with zero attached hydrogens (tertiary/aromatic N) is 4. The molecular weight excluding hydrogens is 457 g/mol. The highest BCUT2D eigenvalue weighted by molar-refractivity contribution is 5.89. The monoisotopic (exact) mass is 482 g/mol. The van der Waals surface area contributed by atoms with Gasteiger partial charge in [0.05, 0.1) is 41.7 Å². The lowest BCUT2D eigenvalue weighted by molar-refractivity contribution is -0.0248. The van der Waals surface area contributed by atoms with Gasteiger partial charge in [-0.15, -0.1) is 0 Å². The molecule has 3 aromatic rings. The molecule has 1 aliphatic heterocycles. The highest BCUT2D eigenvalue weighted by Gasteiger charge is 2.47. The normalized spacial score (nSPS) is 17.6. The van der Waals surface area contributed by atoms with Crippen LogP contribution in [0.4, 0.5) is 24.8 Å². The molecule has 1 saturated heterocycles. The Morgan fingerprint density at radius 1 is 1.17 bits per heavy atom. The SMILES string of the molecule is Cc1nc(N[C@H](C)c2cccc(C(F)F)c2F)c2cc(C3(C#N)CC3)c(NCC3COC3)nc2n1. The third-order valence-electron chi connectivity index (χ3n) is 6.66. The number of fused-ring (bicyclic) bond motifs is 1. The molecule has 1 aromatic carbocycles. The van der Waals surface area contributed by atoms with Crippen molar-refractivity contribution in [2.24, 2.45) is 5.92 Å². The van der Waals surface area contributed by atoms with Crippen LogP contribution in [0.15, 0.2) is 24.3 Å². The third kappa shape index (κ3) is 4.36. The molecule has 7 nitrogen and oxygen atoms in total. The van der Waals surface area contributed by atoms with E-state index in [0.29, 0.717) is 54.2 Å². The number of benzene rings is 1. The first kappa shape index (κ1) is 23.3. The Morgan fingerprint density at radius 2 is 1.91 bits per heavy atom. The first-order valence-corrected chi connectivity index (χ1v) is 11.6. The van der Waals surface area contributed by atoms with Crippen molar-refractivity contribution in [1.82, 2.24) is 15.0 Å². The van der Waals surface area contributed by atoms with Crippen molar-refractivity contribution in [3.63, 3.8) is 0 Å². The van der Waals surface area contributed by atoms with Gasteiger partial charge in [-0.1, -0.05) is 18.2 Å². The average Bonchev–Trinajstić information content (AvgIpc) is 3.58. The van der Waals surface area contributed by atoms with Gasteiger partial charge in [0.25, 0.3) is 6.43 Å². The van der Waals surface area contributed by atoms with E-state index < -0.39 is 29.3 Å². The highest BCUT2D eigenvalue weighted by Crippen LogP contribution is 2.50. The summed E-state index contributed by atoms with van der Waals surface area (Å²) in [6, 6.07) is 7.61. The molecule has 1 atom stereocenters. The Morgan fingerprint density at radius 3 is 2.54 bits per heavy atom. The van der Waals surface area contributed by atoms with E-state index in [0.717, 1.165) is 24.5 Å². The molecule has 1 saturated carbocycles. The molecular formula is C25H25F3N6O. The van der Waals surface area contributed by atoms with Crippen LogP contribution in [0.3, 0.4) is 0 Å². The number of nitrogens with one attached hydrogen (secondary N) is 2. The molecule has 0 radical (unpaired) electrons. The minimum atomic E-state index is -2.91. The first-order chi connectivity index (χ1) is 16.8. The van der Waals surface area contributed by atoms with E-state index in [1.54, 1.807) is 13.8 Å². The van der Waals surface area contributed by atoms with Crippen molar-refractivity contribution in [2.75, 3.05) is 30.4 Å². The Bertz CT molecular complexity index is 1320. The lowest BCUT2D eigenvalue weighted by atomic mass is 9.96. The van der Waals surface area contributed by atoms with Crippen LogP contribution in [0.2, 0.25) is 0 Å². The molecule has 0 spiro atoms. The smallest absolute Gasteiger partial charge is 0.266 e. The van der Waals surface area contributed by atoms with Crippen molar-refractivity contribution in [2.45, 2.75) is 44.6 Å². The van der Waals surface area contributed by atoms with Crippen LogP contribution in [-0.4, -0.2) is 34.7 Å². The topological polar surface area (TPSA) is 95.8 Å². The molecule has 2 aromatic heterocycles. The number of rotatable bonds is 8. The van der Waals surface area contributed by atoms with Crippen molar-refractivity contribution >= 4 is 22.7 Å². The first-order valence-electron chi connectivity index (χ1n) is 11.6. The molecule has 5 rings (SSSR count). The number of aryl methyl sites for hydroxylation is 1. The lowest BCUT2D eigenvalue weighted by Gasteiger charge is -2.27. The lowest BCUT2D eigenvalue weighted by Crippen LogP contribution is -2.34. The fourth-order valence-electron chi connectivity index (χ4n) is 4.34. The Balaban J connectivity index is 1.54. The second-order valence-electron chi connectivity index (χ2n) is 9.27. The quantitative estimate of drug-likeness (QED) is 0.456. The van der Waals surface area contributed by atoms with Gasteiger partial charge in [-0.2, -0.15) is 5.26 Å². The van der Waals surface area contributed by atoms with Crippen LogP contribution in [0.5, 0.6) is 0 Å². The number of halogens is 3. The minimum absolute atomic E-state index is 0.108. The van der Waals surface area contributed by atoms with Gasteiger partial charge in [0.15, 0.2) is 5.65 Å². The van der Waals surface area contributed by atoms with Gasteiger partial charge in [-0.25, -0.2) is 28.1 Å². The van der Waals surface area contributed by atoms with Crippen LogP contribution >= 0.6 is 0 Å². The number of hydrogen-bond acceptors (Lipinski definition) is 7. The van der Waals surface area contributed by atoms with Gasteiger partial charge >= 0.3 is 0 Å². The minimum Gasteiger partial charge on any atom is -0.381 e. The van der Waals surface area contributed by atoms with Gasteiger partial charge in [-0.05, 0) is 32.8 Å². The molecule has 3 heterocycles. The van der Waals surface area contributed by atoms with Crippen LogP contribution < -0.4 is 10.6 Å². The Hall–Kier alpha value is -3.45. The second kappa shape index (κ2) is 8.96. The van der Waals surface area contributed by atoms with E-state index in [4.69, 9.17) is 9.72 Å². The van der Waals surface area contributed by atoms with Crippen LogP contribution in [-0.2, 0) is 10.2 Å².